The lowest BCUT2D eigenvalue weighted by Crippen LogP contribution is -2.36. The number of non-ortho nitro benzene ring substituents is 2. The van der Waals surface area contributed by atoms with E-state index in [0.717, 1.165) is 19.3 Å². The second-order valence-electron chi connectivity index (χ2n) is 20.9. The van der Waals surface area contributed by atoms with Gasteiger partial charge in [-0.05, 0) is 97.4 Å². The Hall–Kier alpha value is -8.55. The first-order valence-corrected chi connectivity index (χ1v) is 26.0. The summed E-state index contributed by atoms with van der Waals surface area (Å²) in [6, 6.07) is 20.4. The van der Waals surface area contributed by atoms with Crippen LogP contribution in [-0.2, 0) is 14.2 Å². The third kappa shape index (κ3) is 18.8. The molecule has 3 amide bonds. The number of imidazole rings is 2. The minimum atomic E-state index is -1.02. The molecule has 0 radical (unpaired) electrons. The van der Waals surface area contributed by atoms with Gasteiger partial charge in [0.15, 0.2) is 11.6 Å². The summed E-state index contributed by atoms with van der Waals surface area (Å²) in [5, 5.41) is 33.1. The number of H-pyrrole nitrogens is 2. The number of nitrogens with zero attached hydrogens (tertiary/aromatic N) is 6. The van der Waals surface area contributed by atoms with Crippen molar-refractivity contribution in [2.45, 2.75) is 104 Å². The number of carboxylic acids is 1. The number of Topliss-reactive ketones (excluding diaryl/α,β-unsaturated/α-hetero) is 2. The first kappa shape index (κ1) is 66.0. The number of nitrogens with two attached hydrogens (primary N) is 1. The summed E-state index contributed by atoms with van der Waals surface area (Å²) < 4.78 is 15.4. The van der Waals surface area contributed by atoms with E-state index in [-0.39, 0.29) is 83.1 Å². The number of nitro benzene ring substituents is 2. The van der Waals surface area contributed by atoms with Crippen LogP contribution in [0.2, 0.25) is 0 Å². The molecular weight excluding hydrogens is 1110 g/mol. The zero-order valence-corrected chi connectivity index (χ0v) is 48.0. The number of carbonyl (C=O) groups is 7. The number of hydrogen-bond donors (Lipinski definition) is 5. The number of fused-ring (bicyclic) bond motifs is 2. The first-order valence-electron chi connectivity index (χ1n) is 25.6. The van der Waals surface area contributed by atoms with Crippen molar-refractivity contribution in [3.8, 4) is 0 Å². The number of aromatic nitrogens is 4. The van der Waals surface area contributed by atoms with Crippen LogP contribution in [-0.4, -0.2) is 130 Å². The standard InChI is InChI=1S/C25H27N5O6.C17H21N3O4.C8H8N2O3.C5H9ClO2.ClH/c1-25(2,3)36-24(33)29-12-6-11-19(29)22-27-18-10-5-9-17(21(18)28-22)23(32)26-14-20(31)15-7-4-8-16(13-15)30(34)35;1-17(2,3)24-16(23)20-9-5-8-12(20)14-18-11-7-4-6-10(15(21)22)13(11)19-14;9-5-8(11)6-2-1-3-7(4-6)10(12)13;1-4(2)3-8-5(6)7;/h4-5,7-10,13,19H,6,11-12,14H2,1-3H3,(H,26,32)(H,27,28);4,6-7,12H,5,8-9H2,1-3H3,(H,18,19)(H,21,22);1-4H,5,9H2;4H,3H2,1-2H3;1H/t19-;12-;;;/m00.../s1. The van der Waals surface area contributed by atoms with Crippen molar-refractivity contribution < 1.29 is 62.7 Å². The third-order valence-corrected chi connectivity index (χ3v) is 11.9. The summed E-state index contributed by atoms with van der Waals surface area (Å²) in [4.78, 5) is 122. The number of likely N-dealkylation sites (tertiary alicyclic amines) is 2. The summed E-state index contributed by atoms with van der Waals surface area (Å²) in [6.45, 7) is 15.9. The lowest BCUT2D eigenvalue weighted by molar-refractivity contribution is -0.385. The number of hydrogen-bond acceptors (Lipinski definition) is 17. The Bertz CT molecular complexity index is 3300. The van der Waals surface area contributed by atoms with Crippen LogP contribution in [0.1, 0.15) is 146 Å². The average Bonchev–Trinajstić information content (AvgIpc) is 4.31. The summed E-state index contributed by atoms with van der Waals surface area (Å²) >= 11 is 4.86. The monoisotopic (exact) mass is 1180 g/mol. The van der Waals surface area contributed by atoms with Crippen molar-refractivity contribution in [3.63, 3.8) is 0 Å². The Morgan fingerprint density at radius 1 is 0.720 bits per heavy atom. The molecule has 27 heteroatoms. The van der Waals surface area contributed by atoms with E-state index < -0.39 is 50.2 Å². The van der Waals surface area contributed by atoms with Gasteiger partial charge in [-0.3, -0.25) is 44.4 Å². The van der Waals surface area contributed by atoms with Gasteiger partial charge in [0, 0.05) is 60.1 Å². The molecule has 4 heterocycles. The van der Waals surface area contributed by atoms with Crippen LogP contribution in [0.25, 0.3) is 22.1 Å². The quantitative estimate of drug-likeness (QED) is 0.0236. The van der Waals surface area contributed by atoms with Gasteiger partial charge in [0.05, 0.1) is 63.8 Å². The van der Waals surface area contributed by atoms with E-state index in [9.17, 15) is 58.9 Å². The minimum Gasteiger partial charge on any atom is -0.478 e. The molecule has 0 spiro atoms. The number of nitrogens with one attached hydrogen (secondary N) is 3. The topological polar surface area (TPSA) is 356 Å². The number of carbonyl (C=O) groups excluding carboxylic acids is 6. The molecule has 440 valence electrons. The van der Waals surface area contributed by atoms with Crippen molar-refractivity contribution in [1.29, 1.82) is 0 Å². The maximum Gasteiger partial charge on any atom is 0.410 e. The van der Waals surface area contributed by atoms with Gasteiger partial charge in [0.1, 0.15) is 33.9 Å². The van der Waals surface area contributed by atoms with Crippen LogP contribution < -0.4 is 11.1 Å². The number of nitro groups is 2. The maximum absolute atomic E-state index is 12.9. The third-order valence-electron chi connectivity index (χ3n) is 11.8. The molecule has 2 fully saturated rings. The average molecular weight is 1180 g/mol. The van der Waals surface area contributed by atoms with E-state index in [0.29, 0.717) is 65.8 Å². The molecule has 6 aromatic rings. The Morgan fingerprint density at radius 3 is 1.54 bits per heavy atom. The van der Waals surface area contributed by atoms with Crippen molar-refractivity contribution in [3.05, 3.63) is 139 Å². The van der Waals surface area contributed by atoms with E-state index in [2.05, 4.69) is 30.0 Å². The lowest BCUT2D eigenvalue weighted by atomic mass is 10.1. The van der Waals surface area contributed by atoms with Crippen LogP contribution in [0.4, 0.5) is 25.8 Å². The number of halogens is 2. The molecule has 4 aromatic carbocycles. The molecule has 2 aliphatic rings. The van der Waals surface area contributed by atoms with Gasteiger partial charge in [-0.25, -0.2) is 29.1 Å². The van der Waals surface area contributed by atoms with Crippen molar-refractivity contribution >= 4 is 98.5 Å². The van der Waals surface area contributed by atoms with Gasteiger partial charge >= 0.3 is 23.6 Å². The minimum absolute atomic E-state index is 0. The molecule has 0 aliphatic carbocycles. The van der Waals surface area contributed by atoms with Gasteiger partial charge in [0.2, 0.25) is 0 Å². The Morgan fingerprint density at radius 2 is 1.15 bits per heavy atom. The highest BCUT2D eigenvalue weighted by atomic mass is 35.5. The first-order chi connectivity index (χ1) is 38.1. The number of para-hydroxylation sites is 2. The second-order valence-corrected chi connectivity index (χ2v) is 21.2. The molecule has 0 bridgehead atoms. The van der Waals surface area contributed by atoms with Crippen LogP contribution in [0.15, 0.2) is 84.9 Å². The highest BCUT2D eigenvalue weighted by Gasteiger charge is 2.37. The molecule has 25 nitrogen and oxygen atoms in total. The van der Waals surface area contributed by atoms with Gasteiger partial charge in [-0.2, -0.15) is 0 Å². The Balaban J connectivity index is 0.000000268. The SMILES string of the molecule is CC(C)(C)OC(=O)N1CCC[C@H]1c1nc2c(C(=O)NCC(=O)c3cccc([N+](=O)[O-])c3)cccc2[nH]1.CC(C)(C)OC(=O)N1CCC[C@H]1c1nc2c(C(=O)O)cccc2[nH]1.CC(C)COC(=O)Cl.Cl.NCC(=O)c1cccc([N+](=O)[O-])c1. The predicted octanol–water partition coefficient (Wildman–Crippen LogP) is 10.7. The van der Waals surface area contributed by atoms with E-state index in [1.807, 2.05) is 55.4 Å². The summed E-state index contributed by atoms with van der Waals surface area (Å²) in [7, 11) is 0. The number of aromatic carboxylic acids is 1. The molecule has 0 unspecified atom stereocenters. The number of benzene rings is 4. The molecule has 2 saturated heterocycles. The van der Waals surface area contributed by atoms with Gasteiger partial charge in [-0.1, -0.05) is 50.2 Å². The molecule has 2 aromatic heterocycles. The molecule has 8 rings (SSSR count). The number of ether oxygens (including phenoxy) is 3. The number of amides is 3. The summed E-state index contributed by atoms with van der Waals surface area (Å²) in [5.74, 6) is -0.771. The molecule has 82 heavy (non-hydrogen) atoms. The van der Waals surface area contributed by atoms with Crippen LogP contribution >= 0.6 is 24.0 Å². The fourth-order valence-electron chi connectivity index (χ4n) is 8.25. The Kier molecular flexibility index (Phi) is 23.5. The number of rotatable bonds is 13. The maximum atomic E-state index is 12.9. The molecule has 6 N–H and O–H groups in total. The zero-order valence-electron chi connectivity index (χ0n) is 46.4. The molecular formula is C55H66Cl2N10O15. The summed E-state index contributed by atoms with van der Waals surface area (Å²) in [5.41, 5.74) is 5.84. The van der Waals surface area contributed by atoms with E-state index in [1.54, 1.807) is 40.1 Å². The van der Waals surface area contributed by atoms with Gasteiger partial charge in [0.25, 0.3) is 17.3 Å². The van der Waals surface area contributed by atoms with Crippen molar-refractivity contribution in [1.82, 2.24) is 35.1 Å². The largest absolute Gasteiger partial charge is 0.478 e. The van der Waals surface area contributed by atoms with Crippen LogP contribution in [0.3, 0.4) is 0 Å². The van der Waals surface area contributed by atoms with Crippen molar-refractivity contribution in [2.24, 2.45) is 11.7 Å². The van der Waals surface area contributed by atoms with Gasteiger partial charge < -0.3 is 40.3 Å². The van der Waals surface area contributed by atoms with Crippen LogP contribution in [0, 0.1) is 26.1 Å². The van der Waals surface area contributed by atoms with E-state index in [1.165, 1.54) is 54.6 Å². The smallest absolute Gasteiger partial charge is 0.410 e. The number of ketones is 2. The van der Waals surface area contributed by atoms with Gasteiger partial charge in [-0.15, -0.1) is 12.4 Å². The normalized spacial score (nSPS) is 14.6. The number of aromatic amines is 2. The Labute approximate surface area is 482 Å². The van der Waals surface area contributed by atoms with Crippen LogP contribution in [0.5, 0.6) is 0 Å². The highest BCUT2D eigenvalue weighted by Crippen LogP contribution is 2.35. The molecule has 0 saturated carbocycles. The lowest BCUT2D eigenvalue weighted by Gasteiger charge is -2.27. The molecule has 2 atom stereocenters. The fraction of sp³-hybridized carbons (Fsp3) is 0.400. The van der Waals surface area contributed by atoms with E-state index >= 15 is 0 Å². The predicted molar refractivity (Wildman–Crippen MR) is 305 cm³/mol. The molecule has 2 aliphatic heterocycles. The zero-order chi connectivity index (χ0) is 59.9. The van der Waals surface area contributed by atoms with Crippen molar-refractivity contribution in [2.75, 3.05) is 32.8 Å². The fourth-order valence-corrected chi connectivity index (χ4v) is 8.31. The highest BCUT2D eigenvalue weighted by molar-refractivity contribution is 6.61. The summed E-state index contributed by atoms with van der Waals surface area (Å²) in [6.07, 6.45) is 2.34. The van der Waals surface area contributed by atoms with E-state index in [4.69, 9.17) is 26.8 Å². The second kappa shape index (κ2) is 29.2. The number of carboxylic acid groups (broad SMARTS) is 1.